The van der Waals surface area contributed by atoms with E-state index in [1.165, 1.54) is 30.3 Å². The van der Waals surface area contributed by atoms with Gasteiger partial charge in [-0.15, -0.1) is 0 Å². The van der Waals surface area contributed by atoms with Crippen molar-refractivity contribution in [3.05, 3.63) is 47.4 Å². The number of piperidine rings is 1. The lowest BCUT2D eigenvalue weighted by Crippen LogP contribution is -2.45. The van der Waals surface area contributed by atoms with Gasteiger partial charge in [0.2, 0.25) is 0 Å². The van der Waals surface area contributed by atoms with Gasteiger partial charge in [-0.1, -0.05) is 13.8 Å². The first kappa shape index (κ1) is 26.5. The number of nitrogens with zero attached hydrogens (tertiary/aromatic N) is 2. The number of carbonyl (C=O) groups is 1. The number of benzene rings is 1. The smallest absolute Gasteiger partial charge is 0.354 e. The van der Waals surface area contributed by atoms with Crippen LogP contribution in [0.25, 0.3) is 0 Å². The maximum atomic E-state index is 15.3. The molecule has 1 aliphatic rings. The maximum absolute atomic E-state index is 15.3. The fraction of sp³-hybridized carbons (Fsp3) is 0.480. The number of hydrogen-bond acceptors (Lipinski definition) is 7. The highest BCUT2D eigenvalue weighted by Crippen LogP contribution is 2.36. The van der Waals surface area contributed by atoms with E-state index in [1.54, 1.807) is 7.11 Å². The number of carboxylic acid groups (broad SMARTS) is 1. The summed E-state index contributed by atoms with van der Waals surface area (Å²) in [6, 6.07) is 7.00. The summed E-state index contributed by atoms with van der Waals surface area (Å²) in [5.41, 5.74) is 0.00668. The summed E-state index contributed by atoms with van der Waals surface area (Å²) in [6.45, 7) is 5.03. The molecule has 35 heavy (non-hydrogen) atoms. The van der Waals surface area contributed by atoms with Crippen LogP contribution in [0.4, 0.5) is 26.0 Å². The van der Waals surface area contributed by atoms with E-state index in [1.807, 2.05) is 18.7 Å². The van der Waals surface area contributed by atoms with Crippen LogP contribution in [-0.4, -0.2) is 67.5 Å². The minimum Gasteiger partial charge on any atom is -0.477 e. The van der Waals surface area contributed by atoms with Gasteiger partial charge in [0.15, 0.2) is 5.69 Å². The number of rotatable bonds is 11. The Bertz CT molecular complexity index is 1040. The molecule has 0 bridgehead atoms. The van der Waals surface area contributed by atoms with Gasteiger partial charge < -0.3 is 30.2 Å². The quantitative estimate of drug-likeness (QED) is 0.311. The molecule has 0 spiro atoms. The zero-order valence-corrected chi connectivity index (χ0v) is 20.2. The van der Waals surface area contributed by atoms with Crippen LogP contribution in [-0.2, 0) is 9.47 Å². The Labute approximate surface area is 203 Å². The zero-order chi connectivity index (χ0) is 25.6. The monoisotopic (exact) mass is 490 g/mol. The van der Waals surface area contributed by atoms with Crippen LogP contribution in [0.2, 0.25) is 0 Å². The molecule has 2 heterocycles. The normalized spacial score (nSPS) is 15.3. The van der Waals surface area contributed by atoms with Gasteiger partial charge in [0.25, 0.3) is 0 Å². The van der Waals surface area contributed by atoms with E-state index in [-0.39, 0.29) is 42.6 Å². The van der Waals surface area contributed by atoms with E-state index in [9.17, 15) is 14.3 Å². The molecule has 0 saturated carbocycles. The molecule has 0 atom stereocenters. The number of ether oxygens (including phenoxy) is 2. The predicted octanol–water partition coefficient (Wildman–Crippen LogP) is 4.66. The van der Waals surface area contributed by atoms with Crippen molar-refractivity contribution in [1.82, 2.24) is 4.98 Å². The first-order chi connectivity index (χ1) is 16.6. The average molecular weight is 491 g/mol. The van der Waals surface area contributed by atoms with Crippen molar-refractivity contribution >= 4 is 28.9 Å². The standard InChI is InChI=1S/C25H32F2N4O4/c1-16(2)22(28)21-20(31-10-8-25(27,9-11-31)15-35-13-12-34-3)14-19(24(32)33)30-23(21)29-18-6-4-17(26)5-7-18/h4-7,14,16,28H,8-13,15H2,1-3H3,(H,29,30)(H,32,33). The van der Waals surface area contributed by atoms with Crippen LogP contribution in [0.15, 0.2) is 30.3 Å². The van der Waals surface area contributed by atoms with E-state index < -0.39 is 17.5 Å². The van der Waals surface area contributed by atoms with Crippen molar-refractivity contribution in [2.75, 3.05) is 50.2 Å². The SMILES string of the molecule is COCCOCC1(F)CCN(c2cc(C(=O)O)nc(Nc3ccc(F)cc3)c2C(=N)C(C)C)CC1. The lowest BCUT2D eigenvalue weighted by atomic mass is 9.92. The minimum atomic E-state index is -1.49. The molecule has 3 N–H and O–H groups in total. The van der Waals surface area contributed by atoms with E-state index >= 15 is 4.39 Å². The molecule has 0 amide bonds. The van der Waals surface area contributed by atoms with Gasteiger partial charge in [-0.3, -0.25) is 0 Å². The summed E-state index contributed by atoms with van der Waals surface area (Å²) in [5.74, 6) is -1.63. The van der Waals surface area contributed by atoms with E-state index in [0.717, 1.165) is 0 Å². The van der Waals surface area contributed by atoms with Crippen molar-refractivity contribution in [2.45, 2.75) is 32.4 Å². The maximum Gasteiger partial charge on any atom is 0.354 e. The molecule has 8 nitrogen and oxygen atoms in total. The molecule has 1 aromatic carbocycles. The van der Waals surface area contributed by atoms with E-state index in [0.29, 0.717) is 43.2 Å². The number of nitrogens with one attached hydrogen (secondary N) is 2. The summed E-state index contributed by atoms with van der Waals surface area (Å²) >= 11 is 0. The third-order valence-electron chi connectivity index (χ3n) is 5.96. The second-order valence-electron chi connectivity index (χ2n) is 8.94. The summed E-state index contributed by atoms with van der Waals surface area (Å²) in [4.78, 5) is 18.0. The Morgan fingerprint density at radius 1 is 1.26 bits per heavy atom. The van der Waals surface area contributed by atoms with Crippen molar-refractivity contribution in [3.8, 4) is 0 Å². The molecule has 3 rings (SSSR count). The summed E-state index contributed by atoms with van der Waals surface area (Å²) in [6.07, 6.45) is 0.389. The number of pyridine rings is 1. The first-order valence-electron chi connectivity index (χ1n) is 11.5. The molecule has 0 aliphatic carbocycles. The third kappa shape index (κ3) is 6.73. The highest BCUT2D eigenvalue weighted by Gasteiger charge is 2.36. The van der Waals surface area contributed by atoms with E-state index in [4.69, 9.17) is 14.9 Å². The molecule has 190 valence electrons. The molecule has 0 unspecified atom stereocenters. The van der Waals surface area contributed by atoms with Crippen LogP contribution in [0.3, 0.4) is 0 Å². The minimum absolute atomic E-state index is 0.0348. The topological polar surface area (TPSA) is 108 Å². The highest BCUT2D eigenvalue weighted by molar-refractivity contribution is 6.09. The molecular weight excluding hydrogens is 458 g/mol. The van der Waals surface area contributed by atoms with Gasteiger partial charge in [0.1, 0.15) is 17.3 Å². The number of alkyl halides is 1. The Morgan fingerprint density at radius 3 is 2.49 bits per heavy atom. The number of halogens is 2. The van der Waals surface area contributed by atoms with Gasteiger partial charge in [0.05, 0.1) is 31.1 Å². The molecule has 1 aliphatic heterocycles. The molecule has 0 radical (unpaired) electrons. The predicted molar refractivity (Wildman–Crippen MR) is 131 cm³/mol. The Hall–Kier alpha value is -3.11. The van der Waals surface area contributed by atoms with Crippen molar-refractivity contribution in [3.63, 3.8) is 0 Å². The number of aromatic carboxylic acids is 1. The van der Waals surface area contributed by atoms with Crippen LogP contribution in [0.5, 0.6) is 0 Å². The third-order valence-corrected chi connectivity index (χ3v) is 5.96. The summed E-state index contributed by atoms with van der Waals surface area (Å²) in [7, 11) is 1.55. The molecular formula is C25H32F2N4O4. The van der Waals surface area contributed by atoms with Gasteiger partial charge in [-0.2, -0.15) is 0 Å². The molecule has 10 heteroatoms. The van der Waals surface area contributed by atoms with Gasteiger partial charge in [-0.05, 0) is 36.2 Å². The lowest BCUT2D eigenvalue weighted by Gasteiger charge is -2.38. The number of carboxylic acids is 1. The molecule has 2 aromatic rings. The number of hydrogen-bond donors (Lipinski definition) is 3. The highest BCUT2D eigenvalue weighted by atomic mass is 19.1. The van der Waals surface area contributed by atoms with Crippen LogP contribution in [0.1, 0.15) is 42.7 Å². The second-order valence-corrected chi connectivity index (χ2v) is 8.94. The summed E-state index contributed by atoms with van der Waals surface area (Å²) in [5, 5.41) is 21.5. The number of methoxy groups -OCH3 is 1. The summed E-state index contributed by atoms with van der Waals surface area (Å²) < 4.78 is 39.0. The Morgan fingerprint density at radius 2 is 1.91 bits per heavy atom. The molecule has 1 saturated heterocycles. The van der Waals surface area contributed by atoms with Crippen LogP contribution in [0, 0.1) is 17.1 Å². The first-order valence-corrected chi connectivity index (χ1v) is 11.5. The van der Waals surface area contributed by atoms with Crippen molar-refractivity contribution in [1.29, 1.82) is 5.41 Å². The van der Waals surface area contributed by atoms with Gasteiger partial charge >= 0.3 is 5.97 Å². The number of anilines is 3. The molecule has 1 aromatic heterocycles. The van der Waals surface area contributed by atoms with Crippen molar-refractivity contribution < 1.29 is 28.2 Å². The largest absolute Gasteiger partial charge is 0.477 e. The van der Waals surface area contributed by atoms with Crippen LogP contribution < -0.4 is 10.2 Å². The Balaban J connectivity index is 1.95. The second kappa shape index (κ2) is 11.5. The van der Waals surface area contributed by atoms with Gasteiger partial charge in [-0.25, -0.2) is 18.6 Å². The Kier molecular flexibility index (Phi) is 8.74. The van der Waals surface area contributed by atoms with Crippen LogP contribution >= 0.6 is 0 Å². The van der Waals surface area contributed by atoms with Crippen molar-refractivity contribution in [2.24, 2.45) is 5.92 Å². The molecule has 1 fully saturated rings. The number of aromatic nitrogens is 1. The zero-order valence-electron chi connectivity index (χ0n) is 20.2. The average Bonchev–Trinajstić information content (AvgIpc) is 2.83. The lowest BCUT2D eigenvalue weighted by molar-refractivity contribution is -0.0161. The van der Waals surface area contributed by atoms with Gasteiger partial charge in [0, 0.05) is 44.4 Å². The fourth-order valence-corrected chi connectivity index (χ4v) is 3.90. The fourth-order valence-electron chi connectivity index (χ4n) is 3.90. The van der Waals surface area contributed by atoms with E-state index in [2.05, 4.69) is 10.3 Å².